The zero-order valence-electron chi connectivity index (χ0n) is 18.5. The third kappa shape index (κ3) is 5.67. The van der Waals surface area contributed by atoms with Crippen LogP contribution in [-0.4, -0.2) is 46.7 Å². The molecule has 0 spiro atoms. The summed E-state index contributed by atoms with van der Waals surface area (Å²) in [6.45, 7) is -0.364. The smallest absolute Gasteiger partial charge is 0.348 e. The summed E-state index contributed by atoms with van der Waals surface area (Å²) in [6.07, 6.45) is -0.962. The van der Waals surface area contributed by atoms with Gasteiger partial charge in [0.25, 0.3) is 15.9 Å². The van der Waals surface area contributed by atoms with Gasteiger partial charge >= 0.3 is 5.97 Å². The third-order valence-corrected chi connectivity index (χ3v) is 6.78. The first-order valence-corrected chi connectivity index (χ1v) is 12.3. The Morgan fingerprint density at radius 1 is 1.06 bits per heavy atom. The van der Waals surface area contributed by atoms with E-state index in [1.54, 1.807) is 48.5 Å². The summed E-state index contributed by atoms with van der Waals surface area (Å²) < 4.78 is 43.6. The second-order valence-electron chi connectivity index (χ2n) is 7.47. The number of halogens is 1. The number of hydrogen-bond acceptors (Lipinski definition) is 7. The highest BCUT2D eigenvalue weighted by Crippen LogP contribution is 2.33. The fourth-order valence-electron chi connectivity index (χ4n) is 3.39. The molecule has 0 bridgehead atoms. The van der Waals surface area contributed by atoms with Gasteiger partial charge in [0.15, 0.2) is 6.61 Å². The molecule has 0 unspecified atom stereocenters. The van der Waals surface area contributed by atoms with Crippen LogP contribution in [0.1, 0.15) is 0 Å². The fraction of sp³-hybridized carbons (Fsp3) is 0.167. The number of nitrogens with zero attached hydrogens (tertiary/aromatic N) is 1. The minimum absolute atomic E-state index is 0.0224. The average Bonchev–Trinajstić information content (AvgIpc) is 2.87. The number of anilines is 2. The van der Waals surface area contributed by atoms with Gasteiger partial charge in [0.2, 0.25) is 6.10 Å². The van der Waals surface area contributed by atoms with Crippen LogP contribution in [0.5, 0.6) is 11.5 Å². The number of rotatable bonds is 7. The Balaban J connectivity index is 1.42. The van der Waals surface area contributed by atoms with E-state index >= 15 is 0 Å². The second-order valence-corrected chi connectivity index (χ2v) is 9.59. The van der Waals surface area contributed by atoms with Crippen LogP contribution >= 0.6 is 11.6 Å². The lowest BCUT2D eigenvalue weighted by Gasteiger charge is -2.33. The molecular weight excluding hydrogens is 496 g/mol. The largest absolute Gasteiger partial charge is 0.484 e. The van der Waals surface area contributed by atoms with Crippen LogP contribution in [-0.2, 0) is 24.3 Å². The zero-order valence-corrected chi connectivity index (χ0v) is 20.1. The summed E-state index contributed by atoms with van der Waals surface area (Å²) in [7, 11) is -2.58. The lowest BCUT2D eigenvalue weighted by Crippen LogP contribution is -2.48. The second kappa shape index (κ2) is 10.2. The molecule has 0 saturated carbocycles. The van der Waals surface area contributed by atoms with Gasteiger partial charge in [-0.3, -0.25) is 9.52 Å². The van der Waals surface area contributed by atoms with Gasteiger partial charge in [-0.2, -0.15) is 0 Å². The van der Waals surface area contributed by atoms with Crippen molar-refractivity contribution in [2.75, 3.05) is 29.9 Å². The van der Waals surface area contributed by atoms with Crippen molar-refractivity contribution in [2.45, 2.75) is 11.0 Å². The molecule has 3 aromatic rings. The molecule has 1 aliphatic rings. The molecule has 0 radical (unpaired) electrons. The lowest BCUT2D eigenvalue weighted by atomic mass is 10.2. The molecule has 1 amide bonds. The van der Waals surface area contributed by atoms with Crippen molar-refractivity contribution in [2.24, 2.45) is 0 Å². The van der Waals surface area contributed by atoms with E-state index in [1.807, 2.05) is 0 Å². The minimum Gasteiger partial charge on any atom is -0.484 e. The summed E-state index contributed by atoms with van der Waals surface area (Å²) in [5.74, 6) is -0.321. The summed E-state index contributed by atoms with van der Waals surface area (Å²) >= 11 is 5.83. The summed E-state index contributed by atoms with van der Waals surface area (Å²) in [4.78, 5) is 26.3. The highest BCUT2D eigenvalue weighted by Gasteiger charge is 2.34. The van der Waals surface area contributed by atoms with E-state index in [9.17, 15) is 18.0 Å². The van der Waals surface area contributed by atoms with E-state index in [0.29, 0.717) is 27.9 Å². The van der Waals surface area contributed by atoms with E-state index < -0.39 is 28.0 Å². The Kier molecular flexibility index (Phi) is 7.13. The molecule has 1 atom stereocenters. The molecule has 182 valence electrons. The molecule has 0 aliphatic carbocycles. The molecule has 4 rings (SSSR count). The predicted octanol–water partition coefficient (Wildman–Crippen LogP) is 3.49. The molecule has 3 aromatic carbocycles. The molecule has 9 nitrogen and oxygen atoms in total. The maximum absolute atomic E-state index is 12.9. The Morgan fingerprint density at radius 3 is 2.43 bits per heavy atom. The van der Waals surface area contributed by atoms with Crippen molar-refractivity contribution in [1.29, 1.82) is 0 Å². The van der Waals surface area contributed by atoms with Crippen molar-refractivity contribution in [3.8, 4) is 11.5 Å². The number of para-hydroxylation sites is 2. The average molecular weight is 517 g/mol. The number of methoxy groups -OCH3 is 1. The number of benzene rings is 3. The molecular formula is C24H21ClN2O7S. The Labute approximate surface area is 207 Å². The minimum atomic E-state index is -3.82. The Hall–Kier alpha value is -3.76. The highest BCUT2D eigenvalue weighted by atomic mass is 35.5. The molecule has 35 heavy (non-hydrogen) atoms. The van der Waals surface area contributed by atoms with Crippen LogP contribution in [0.25, 0.3) is 0 Å². The number of amides is 1. The standard InChI is InChI=1S/C24H21ClN2O7S/c1-32-24(29)22-14-27(20-4-2-3-5-21(20)34-22)23(28)15-33-18-10-12-19(13-11-18)35(30,31)26-17-8-6-16(25)7-9-17/h2-13,22,26H,14-15H2,1H3/t22-/m0/s1. The molecule has 11 heteroatoms. The summed E-state index contributed by atoms with van der Waals surface area (Å²) in [5, 5.41) is 0.491. The summed E-state index contributed by atoms with van der Waals surface area (Å²) in [6, 6.07) is 18.7. The first kappa shape index (κ1) is 24.4. The monoisotopic (exact) mass is 516 g/mol. The molecule has 1 heterocycles. The van der Waals surface area contributed by atoms with Gasteiger partial charge < -0.3 is 19.1 Å². The number of fused-ring (bicyclic) bond motifs is 1. The molecule has 0 saturated heterocycles. The topological polar surface area (TPSA) is 111 Å². The maximum atomic E-state index is 12.9. The third-order valence-electron chi connectivity index (χ3n) is 5.13. The number of esters is 1. The van der Waals surface area contributed by atoms with Crippen LogP contribution in [0.4, 0.5) is 11.4 Å². The van der Waals surface area contributed by atoms with Gasteiger partial charge in [0.05, 0.1) is 24.2 Å². The van der Waals surface area contributed by atoms with Gasteiger partial charge in [-0.05, 0) is 60.7 Å². The zero-order chi connectivity index (χ0) is 25.0. The van der Waals surface area contributed by atoms with Crippen molar-refractivity contribution in [3.63, 3.8) is 0 Å². The van der Waals surface area contributed by atoms with E-state index in [1.165, 1.54) is 36.3 Å². The molecule has 1 N–H and O–H groups in total. The van der Waals surface area contributed by atoms with Crippen LogP contribution < -0.4 is 19.1 Å². The molecule has 0 aromatic heterocycles. The van der Waals surface area contributed by atoms with Gasteiger partial charge in [0.1, 0.15) is 11.5 Å². The van der Waals surface area contributed by atoms with Gasteiger partial charge in [0, 0.05) is 10.7 Å². The Bertz CT molecular complexity index is 1330. The first-order valence-electron chi connectivity index (χ1n) is 10.4. The van der Waals surface area contributed by atoms with Crippen LogP contribution in [0.3, 0.4) is 0 Å². The van der Waals surface area contributed by atoms with Crippen molar-refractivity contribution < 1.29 is 32.2 Å². The van der Waals surface area contributed by atoms with Crippen molar-refractivity contribution in [1.82, 2.24) is 0 Å². The van der Waals surface area contributed by atoms with E-state index in [2.05, 4.69) is 4.72 Å². The number of carbonyl (C=O) groups excluding carboxylic acids is 2. The predicted molar refractivity (Wildman–Crippen MR) is 129 cm³/mol. The van der Waals surface area contributed by atoms with E-state index in [-0.39, 0.29) is 18.0 Å². The van der Waals surface area contributed by atoms with Crippen LogP contribution in [0.2, 0.25) is 5.02 Å². The maximum Gasteiger partial charge on any atom is 0.348 e. The number of ether oxygens (including phenoxy) is 3. The molecule has 1 aliphatic heterocycles. The number of hydrogen-bond donors (Lipinski definition) is 1. The van der Waals surface area contributed by atoms with E-state index in [0.717, 1.165) is 0 Å². The van der Waals surface area contributed by atoms with Gasteiger partial charge in [-0.25, -0.2) is 13.2 Å². The highest BCUT2D eigenvalue weighted by molar-refractivity contribution is 7.92. The van der Waals surface area contributed by atoms with Crippen LogP contribution in [0.15, 0.2) is 77.7 Å². The Morgan fingerprint density at radius 2 is 1.74 bits per heavy atom. The first-order chi connectivity index (χ1) is 16.8. The number of sulfonamides is 1. The quantitative estimate of drug-likeness (QED) is 0.478. The SMILES string of the molecule is COC(=O)[C@@H]1CN(C(=O)COc2ccc(S(=O)(=O)Nc3ccc(Cl)cc3)cc2)c2ccccc2O1. The van der Waals surface area contributed by atoms with Crippen molar-refractivity contribution >= 4 is 44.9 Å². The molecule has 0 fully saturated rings. The van der Waals surface area contributed by atoms with Gasteiger partial charge in [-0.15, -0.1) is 0 Å². The van der Waals surface area contributed by atoms with Crippen LogP contribution in [0, 0.1) is 0 Å². The fourth-order valence-corrected chi connectivity index (χ4v) is 4.58. The van der Waals surface area contributed by atoms with E-state index in [4.69, 9.17) is 25.8 Å². The van der Waals surface area contributed by atoms with Crippen molar-refractivity contribution in [3.05, 3.63) is 77.8 Å². The summed E-state index contributed by atoms with van der Waals surface area (Å²) in [5.41, 5.74) is 0.882. The normalized spacial score (nSPS) is 14.9. The van der Waals surface area contributed by atoms with Gasteiger partial charge in [-0.1, -0.05) is 23.7 Å². The lowest BCUT2D eigenvalue weighted by molar-refractivity contribution is -0.148. The number of carbonyl (C=O) groups is 2. The number of nitrogens with one attached hydrogen (secondary N) is 1.